The summed E-state index contributed by atoms with van der Waals surface area (Å²) in [5, 5.41) is 3.99. The van der Waals surface area contributed by atoms with Gasteiger partial charge in [-0.15, -0.1) is 0 Å². The van der Waals surface area contributed by atoms with E-state index in [1.165, 1.54) is 10.5 Å². The number of sulfonamides is 1. The molecule has 8 nitrogen and oxygen atoms in total. The molecule has 0 radical (unpaired) electrons. The van der Waals surface area contributed by atoms with E-state index < -0.39 is 10.0 Å². The van der Waals surface area contributed by atoms with Crippen molar-refractivity contribution < 1.29 is 12.9 Å². The topological polar surface area (TPSA) is 102 Å². The van der Waals surface area contributed by atoms with Crippen LogP contribution < -0.4 is 0 Å². The van der Waals surface area contributed by atoms with Gasteiger partial charge >= 0.3 is 0 Å². The van der Waals surface area contributed by atoms with Crippen LogP contribution in [0.2, 0.25) is 0 Å². The van der Waals surface area contributed by atoms with Gasteiger partial charge in [-0.3, -0.25) is 4.98 Å². The van der Waals surface area contributed by atoms with Crippen molar-refractivity contribution in [2.45, 2.75) is 44.6 Å². The molecule has 0 amide bonds. The van der Waals surface area contributed by atoms with Crippen LogP contribution in [-0.2, 0) is 10.0 Å². The summed E-state index contributed by atoms with van der Waals surface area (Å²) in [6.45, 7) is 5.95. The van der Waals surface area contributed by atoms with E-state index >= 15 is 0 Å². The van der Waals surface area contributed by atoms with Gasteiger partial charge in [-0.05, 0) is 51.8 Å². The third-order valence-electron chi connectivity index (χ3n) is 4.93. The predicted octanol–water partition coefficient (Wildman–Crippen LogP) is 2.98. The lowest BCUT2D eigenvalue weighted by molar-refractivity contribution is 0.389. The first-order chi connectivity index (χ1) is 13.4. The Morgan fingerprint density at radius 1 is 1.21 bits per heavy atom. The minimum absolute atomic E-state index is 0.193. The van der Waals surface area contributed by atoms with Crippen molar-refractivity contribution in [1.82, 2.24) is 24.4 Å². The zero-order chi connectivity index (χ0) is 19.9. The number of hydrogen-bond donors (Lipinski definition) is 0. The van der Waals surface area contributed by atoms with Gasteiger partial charge in [0.1, 0.15) is 16.5 Å². The normalized spacial score (nSPS) is 17.9. The molecule has 9 heteroatoms. The molecule has 0 bridgehead atoms. The average Bonchev–Trinajstić information content (AvgIpc) is 3.29. The molecule has 4 rings (SSSR count). The van der Waals surface area contributed by atoms with Gasteiger partial charge in [-0.25, -0.2) is 18.4 Å². The average molecular weight is 399 g/mol. The van der Waals surface area contributed by atoms with Crippen molar-refractivity contribution in [1.29, 1.82) is 0 Å². The maximum Gasteiger partial charge on any atom is 0.245 e. The summed E-state index contributed by atoms with van der Waals surface area (Å²) in [6, 6.07) is 4.70. The van der Waals surface area contributed by atoms with E-state index in [1.807, 2.05) is 19.9 Å². The SMILES string of the molecule is Cc1nc(-c2c(C)noc2C)cc([C@H]2CCCN2S(=O)(=O)c2cccnc2)n1. The maximum absolute atomic E-state index is 13.1. The summed E-state index contributed by atoms with van der Waals surface area (Å²) >= 11 is 0. The van der Waals surface area contributed by atoms with Gasteiger partial charge in [0.25, 0.3) is 0 Å². The smallest absolute Gasteiger partial charge is 0.245 e. The Hall–Kier alpha value is -2.65. The van der Waals surface area contributed by atoms with Gasteiger partial charge in [-0.1, -0.05) is 5.16 Å². The molecule has 4 heterocycles. The molecule has 0 N–H and O–H groups in total. The number of rotatable bonds is 4. The number of aromatic nitrogens is 4. The lowest BCUT2D eigenvalue weighted by Gasteiger charge is -2.24. The Bertz CT molecular complexity index is 1090. The van der Waals surface area contributed by atoms with E-state index in [0.29, 0.717) is 35.9 Å². The lowest BCUT2D eigenvalue weighted by Crippen LogP contribution is -2.31. The van der Waals surface area contributed by atoms with Gasteiger partial charge in [0.2, 0.25) is 10.0 Å². The van der Waals surface area contributed by atoms with Crippen molar-refractivity contribution in [2.75, 3.05) is 6.54 Å². The molecule has 1 atom stereocenters. The molecule has 0 aromatic carbocycles. The van der Waals surface area contributed by atoms with E-state index in [4.69, 9.17) is 4.52 Å². The van der Waals surface area contributed by atoms with Crippen LogP contribution in [-0.4, -0.2) is 39.4 Å². The maximum atomic E-state index is 13.1. The van der Waals surface area contributed by atoms with Crippen LogP contribution in [0.25, 0.3) is 11.3 Å². The molecule has 3 aromatic rings. The predicted molar refractivity (Wildman–Crippen MR) is 102 cm³/mol. The molecular weight excluding hydrogens is 378 g/mol. The molecule has 1 saturated heterocycles. The summed E-state index contributed by atoms with van der Waals surface area (Å²) in [4.78, 5) is 13.2. The third-order valence-corrected chi connectivity index (χ3v) is 6.83. The summed E-state index contributed by atoms with van der Waals surface area (Å²) in [6.07, 6.45) is 4.42. The summed E-state index contributed by atoms with van der Waals surface area (Å²) < 4.78 is 33.1. The fourth-order valence-electron chi connectivity index (χ4n) is 3.70. The van der Waals surface area contributed by atoms with Gasteiger partial charge < -0.3 is 4.52 Å². The van der Waals surface area contributed by atoms with Crippen LogP contribution in [0.4, 0.5) is 0 Å². The highest BCUT2D eigenvalue weighted by molar-refractivity contribution is 7.89. The Morgan fingerprint density at radius 3 is 2.71 bits per heavy atom. The zero-order valence-corrected chi connectivity index (χ0v) is 16.8. The molecule has 0 aliphatic carbocycles. The number of aryl methyl sites for hydroxylation is 3. The molecule has 28 heavy (non-hydrogen) atoms. The third kappa shape index (κ3) is 3.20. The highest BCUT2D eigenvalue weighted by atomic mass is 32.2. The standard InChI is InChI=1S/C19H21N5O3S/c1-12-19(13(2)27-23-12)17-10-16(21-14(3)22-17)18-7-5-9-24(18)28(25,26)15-6-4-8-20-11-15/h4,6,8,10-11,18H,5,7,9H2,1-3H3/t18-/m1/s1. The molecule has 0 saturated carbocycles. The van der Waals surface area contributed by atoms with Crippen LogP contribution in [0.3, 0.4) is 0 Å². The van der Waals surface area contributed by atoms with Crippen molar-refractivity contribution in [3.63, 3.8) is 0 Å². The summed E-state index contributed by atoms with van der Waals surface area (Å²) in [7, 11) is -3.65. The fraction of sp³-hybridized carbons (Fsp3) is 0.368. The molecule has 0 spiro atoms. The molecular formula is C19H21N5O3S. The van der Waals surface area contributed by atoms with E-state index in [2.05, 4.69) is 20.1 Å². The highest BCUT2D eigenvalue weighted by Gasteiger charge is 2.37. The highest BCUT2D eigenvalue weighted by Crippen LogP contribution is 2.37. The molecule has 0 unspecified atom stereocenters. The minimum atomic E-state index is -3.65. The van der Waals surface area contributed by atoms with Crippen LogP contribution in [0.15, 0.2) is 40.0 Å². The number of hydrogen-bond acceptors (Lipinski definition) is 7. The van der Waals surface area contributed by atoms with Crippen LogP contribution in [0.1, 0.15) is 41.9 Å². The number of pyridine rings is 1. The van der Waals surface area contributed by atoms with E-state index in [1.54, 1.807) is 25.3 Å². The Kier molecular flexibility index (Phi) is 4.72. The Morgan fingerprint density at radius 2 is 2.04 bits per heavy atom. The molecule has 1 fully saturated rings. The summed E-state index contributed by atoms with van der Waals surface area (Å²) in [5.74, 6) is 1.26. The minimum Gasteiger partial charge on any atom is -0.361 e. The van der Waals surface area contributed by atoms with E-state index in [-0.39, 0.29) is 10.9 Å². The van der Waals surface area contributed by atoms with Crippen LogP contribution >= 0.6 is 0 Å². The van der Waals surface area contributed by atoms with Crippen LogP contribution in [0.5, 0.6) is 0 Å². The fourth-order valence-corrected chi connectivity index (χ4v) is 5.33. The number of nitrogens with zero attached hydrogens (tertiary/aromatic N) is 5. The summed E-state index contributed by atoms with van der Waals surface area (Å²) in [5.41, 5.74) is 2.95. The van der Waals surface area contributed by atoms with E-state index in [0.717, 1.165) is 17.7 Å². The van der Waals surface area contributed by atoms with Gasteiger partial charge in [0.15, 0.2) is 0 Å². The van der Waals surface area contributed by atoms with Crippen LogP contribution in [0, 0.1) is 20.8 Å². The quantitative estimate of drug-likeness (QED) is 0.664. The van der Waals surface area contributed by atoms with Crippen molar-refractivity contribution in [3.05, 3.63) is 53.6 Å². The first kappa shape index (κ1) is 18.7. The lowest BCUT2D eigenvalue weighted by atomic mass is 10.1. The monoisotopic (exact) mass is 399 g/mol. The second-order valence-electron chi connectivity index (χ2n) is 6.89. The molecule has 146 valence electrons. The van der Waals surface area contributed by atoms with Gasteiger partial charge in [-0.2, -0.15) is 4.31 Å². The van der Waals surface area contributed by atoms with Crippen molar-refractivity contribution >= 4 is 10.0 Å². The second-order valence-corrected chi connectivity index (χ2v) is 8.78. The first-order valence-electron chi connectivity index (χ1n) is 9.08. The Balaban J connectivity index is 1.77. The molecule has 3 aromatic heterocycles. The van der Waals surface area contributed by atoms with Crippen molar-refractivity contribution in [2.24, 2.45) is 0 Å². The van der Waals surface area contributed by atoms with Gasteiger partial charge in [0.05, 0.1) is 28.7 Å². The Labute approximate surface area is 163 Å². The second kappa shape index (κ2) is 7.06. The largest absolute Gasteiger partial charge is 0.361 e. The van der Waals surface area contributed by atoms with E-state index in [9.17, 15) is 8.42 Å². The molecule has 1 aliphatic rings. The van der Waals surface area contributed by atoms with Gasteiger partial charge in [0, 0.05) is 18.9 Å². The van der Waals surface area contributed by atoms with Crippen molar-refractivity contribution in [3.8, 4) is 11.3 Å². The zero-order valence-electron chi connectivity index (χ0n) is 16.0. The first-order valence-corrected chi connectivity index (χ1v) is 10.5. The molecule has 1 aliphatic heterocycles.